The number of carbonyl (C=O) groups excluding carboxylic acids is 1. The van der Waals surface area contributed by atoms with Gasteiger partial charge in [-0.1, -0.05) is 36.4 Å². The molecule has 0 atom stereocenters. The number of rotatable bonds is 5. The molecule has 2 aromatic carbocycles. The van der Waals surface area contributed by atoms with E-state index < -0.39 is 5.91 Å². The Morgan fingerprint density at radius 2 is 1.84 bits per heavy atom. The molecule has 0 radical (unpaired) electrons. The van der Waals surface area contributed by atoms with Gasteiger partial charge in [-0.15, -0.1) is 0 Å². The number of primary amides is 1. The van der Waals surface area contributed by atoms with Crippen LogP contribution in [0.5, 0.6) is 5.75 Å². The van der Waals surface area contributed by atoms with Crippen LogP contribution >= 0.6 is 0 Å². The summed E-state index contributed by atoms with van der Waals surface area (Å²) in [7, 11) is 0. The van der Waals surface area contributed by atoms with Crippen molar-refractivity contribution in [3.8, 4) is 5.75 Å². The summed E-state index contributed by atoms with van der Waals surface area (Å²) in [6.45, 7) is 2.42. The molecule has 3 heteroatoms. The average Bonchev–Trinajstić information content (AvgIpc) is 2.41. The Balaban J connectivity index is 2.00. The lowest BCUT2D eigenvalue weighted by molar-refractivity contribution is 0.0999. The highest BCUT2D eigenvalue weighted by Gasteiger charge is 2.09. The molecule has 0 fully saturated rings. The van der Waals surface area contributed by atoms with E-state index in [0.29, 0.717) is 17.9 Å². The second kappa shape index (κ2) is 6.05. The zero-order valence-electron chi connectivity index (χ0n) is 10.9. The van der Waals surface area contributed by atoms with Crippen LogP contribution in [0.2, 0.25) is 0 Å². The Morgan fingerprint density at radius 1 is 1.11 bits per heavy atom. The van der Waals surface area contributed by atoms with E-state index in [1.165, 1.54) is 5.56 Å². The standard InChI is InChI=1S/C16H17NO2/c1-12-14(16(17)18)8-5-9-15(12)19-11-10-13-6-3-2-4-7-13/h2-9H,10-11H2,1H3,(H2,17,18). The fourth-order valence-electron chi connectivity index (χ4n) is 1.96. The molecule has 0 heterocycles. The van der Waals surface area contributed by atoms with Gasteiger partial charge in [0.2, 0.25) is 5.91 Å². The average molecular weight is 255 g/mol. The highest BCUT2D eigenvalue weighted by molar-refractivity contribution is 5.94. The number of hydrogen-bond acceptors (Lipinski definition) is 2. The summed E-state index contributed by atoms with van der Waals surface area (Å²) in [5.74, 6) is 0.290. The Kier molecular flexibility index (Phi) is 4.18. The summed E-state index contributed by atoms with van der Waals surface area (Å²) in [6.07, 6.45) is 0.834. The van der Waals surface area contributed by atoms with E-state index in [2.05, 4.69) is 12.1 Å². The molecular weight excluding hydrogens is 238 g/mol. The first-order valence-corrected chi connectivity index (χ1v) is 6.24. The first-order chi connectivity index (χ1) is 9.18. The number of ether oxygens (including phenoxy) is 1. The molecule has 0 saturated heterocycles. The molecule has 2 N–H and O–H groups in total. The Hall–Kier alpha value is -2.29. The molecule has 0 aliphatic carbocycles. The van der Waals surface area contributed by atoms with Crippen LogP contribution in [0.3, 0.4) is 0 Å². The lowest BCUT2D eigenvalue weighted by atomic mass is 10.1. The van der Waals surface area contributed by atoms with Gasteiger partial charge in [0.05, 0.1) is 6.61 Å². The summed E-state index contributed by atoms with van der Waals surface area (Å²) in [5, 5.41) is 0. The van der Waals surface area contributed by atoms with Crippen molar-refractivity contribution in [3.05, 3.63) is 65.2 Å². The summed E-state index contributed by atoms with van der Waals surface area (Å²) < 4.78 is 5.72. The van der Waals surface area contributed by atoms with E-state index in [1.54, 1.807) is 12.1 Å². The zero-order chi connectivity index (χ0) is 13.7. The molecule has 98 valence electrons. The first-order valence-electron chi connectivity index (χ1n) is 6.24. The van der Waals surface area contributed by atoms with E-state index in [0.717, 1.165) is 12.0 Å². The van der Waals surface area contributed by atoms with Crippen LogP contribution in [0, 0.1) is 6.92 Å². The molecule has 0 saturated carbocycles. The maximum atomic E-state index is 11.2. The molecule has 0 spiro atoms. The van der Waals surface area contributed by atoms with Gasteiger partial charge >= 0.3 is 0 Å². The second-order valence-corrected chi connectivity index (χ2v) is 4.38. The van der Waals surface area contributed by atoms with Crippen LogP contribution in [-0.2, 0) is 6.42 Å². The largest absolute Gasteiger partial charge is 0.493 e. The molecule has 0 unspecified atom stereocenters. The van der Waals surface area contributed by atoms with Gasteiger partial charge in [-0.05, 0) is 24.6 Å². The number of carbonyl (C=O) groups is 1. The second-order valence-electron chi connectivity index (χ2n) is 4.38. The van der Waals surface area contributed by atoms with Crippen molar-refractivity contribution in [1.29, 1.82) is 0 Å². The minimum atomic E-state index is -0.425. The summed E-state index contributed by atoms with van der Waals surface area (Å²) in [6, 6.07) is 15.5. The monoisotopic (exact) mass is 255 g/mol. The van der Waals surface area contributed by atoms with Crippen LogP contribution in [0.15, 0.2) is 48.5 Å². The quantitative estimate of drug-likeness (QED) is 0.893. The van der Waals surface area contributed by atoms with Gasteiger partial charge < -0.3 is 10.5 Å². The number of hydrogen-bond donors (Lipinski definition) is 1. The molecule has 19 heavy (non-hydrogen) atoms. The Morgan fingerprint density at radius 3 is 2.53 bits per heavy atom. The van der Waals surface area contributed by atoms with Crippen LogP contribution in [0.1, 0.15) is 21.5 Å². The van der Waals surface area contributed by atoms with Gasteiger partial charge in [-0.2, -0.15) is 0 Å². The lowest BCUT2D eigenvalue weighted by Crippen LogP contribution is -2.13. The van der Waals surface area contributed by atoms with E-state index in [9.17, 15) is 4.79 Å². The van der Waals surface area contributed by atoms with E-state index in [1.807, 2.05) is 31.2 Å². The van der Waals surface area contributed by atoms with Gasteiger partial charge in [-0.25, -0.2) is 0 Å². The van der Waals surface area contributed by atoms with Crippen LogP contribution in [0.4, 0.5) is 0 Å². The molecule has 2 aromatic rings. The van der Waals surface area contributed by atoms with Crippen molar-refractivity contribution >= 4 is 5.91 Å². The summed E-state index contributed by atoms with van der Waals surface area (Å²) in [4.78, 5) is 11.2. The van der Waals surface area contributed by atoms with Crippen molar-refractivity contribution in [2.24, 2.45) is 5.73 Å². The smallest absolute Gasteiger partial charge is 0.249 e. The van der Waals surface area contributed by atoms with Crippen molar-refractivity contribution < 1.29 is 9.53 Å². The third kappa shape index (κ3) is 3.35. The maximum Gasteiger partial charge on any atom is 0.249 e. The molecular formula is C16H17NO2. The minimum absolute atomic E-state index is 0.425. The molecule has 1 amide bonds. The fraction of sp³-hybridized carbons (Fsp3) is 0.188. The lowest BCUT2D eigenvalue weighted by Gasteiger charge is -2.11. The van der Waals surface area contributed by atoms with Crippen LogP contribution < -0.4 is 10.5 Å². The van der Waals surface area contributed by atoms with E-state index in [-0.39, 0.29) is 0 Å². The van der Waals surface area contributed by atoms with Crippen molar-refractivity contribution in [2.45, 2.75) is 13.3 Å². The van der Waals surface area contributed by atoms with Gasteiger partial charge in [0, 0.05) is 17.5 Å². The third-order valence-corrected chi connectivity index (χ3v) is 3.04. The Labute approximate surface area is 113 Å². The highest BCUT2D eigenvalue weighted by Crippen LogP contribution is 2.21. The van der Waals surface area contributed by atoms with Crippen LogP contribution in [0.25, 0.3) is 0 Å². The summed E-state index contributed by atoms with van der Waals surface area (Å²) >= 11 is 0. The summed E-state index contributed by atoms with van der Waals surface area (Å²) in [5.41, 5.74) is 7.84. The van der Waals surface area contributed by atoms with Gasteiger partial charge in [-0.3, -0.25) is 4.79 Å². The molecule has 2 rings (SSSR count). The molecule has 0 aromatic heterocycles. The van der Waals surface area contributed by atoms with E-state index in [4.69, 9.17) is 10.5 Å². The van der Waals surface area contributed by atoms with Gasteiger partial charge in [0.25, 0.3) is 0 Å². The predicted octanol–water partition coefficient (Wildman–Crippen LogP) is 2.72. The predicted molar refractivity (Wildman–Crippen MR) is 75.3 cm³/mol. The normalized spacial score (nSPS) is 10.2. The number of amides is 1. The van der Waals surface area contributed by atoms with Gasteiger partial charge in [0.15, 0.2) is 0 Å². The van der Waals surface area contributed by atoms with Gasteiger partial charge in [0.1, 0.15) is 5.75 Å². The third-order valence-electron chi connectivity index (χ3n) is 3.04. The van der Waals surface area contributed by atoms with Crippen molar-refractivity contribution in [1.82, 2.24) is 0 Å². The fourth-order valence-corrected chi connectivity index (χ4v) is 1.96. The highest BCUT2D eigenvalue weighted by atomic mass is 16.5. The maximum absolute atomic E-state index is 11.2. The molecule has 0 aliphatic heterocycles. The number of nitrogens with two attached hydrogens (primary N) is 1. The topological polar surface area (TPSA) is 52.3 Å². The first kappa shape index (κ1) is 13.1. The minimum Gasteiger partial charge on any atom is -0.493 e. The zero-order valence-corrected chi connectivity index (χ0v) is 10.9. The Bertz CT molecular complexity index is 564. The van der Waals surface area contributed by atoms with Crippen molar-refractivity contribution in [3.63, 3.8) is 0 Å². The molecule has 0 aliphatic rings. The molecule has 0 bridgehead atoms. The van der Waals surface area contributed by atoms with Crippen molar-refractivity contribution in [2.75, 3.05) is 6.61 Å². The van der Waals surface area contributed by atoms with E-state index >= 15 is 0 Å². The SMILES string of the molecule is Cc1c(OCCc2ccccc2)cccc1C(N)=O. The van der Waals surface area contributed by atoms with Crippen LogP contribution in [-0.4, -0.2) is 12.5 Å². The molecule has 3 nitrogen and oxygen atoms in total. The number of benzene rings is 2.